The van der Waals surface area contributed by atoms with Crippen LogP contribution in [0.1, 0.15) is 12.8 Å². The van der Waals surface area contributed by atoms with Crippen LogP contribution in [0.3, 0.4) is 0 Å². The molecule has 0 aliphatic carbocycles. The van der Waals surface area contributed by atoms with Gasteiger partial charge in [0, 0.05) is 24.1 Å². The van der Waals surface area contributed by atoms with Crippen molar-refractivity contribution < 1.29 is 9.72 Å². The number of benzene rings is 1. The fourth-order valence-electron chi connectivity index (χ4n) is 1.77. The Bertz CT molecular complexity index is 461. The molecule has 16 heavy (non-hydrogen) atoms. The number of amides is 1. The van der Waals surface area contributed by atoms with Crippen LogP contribution < -0.4 is 4.90 Å². The summed E-state index contributed by atoms with van der Waals surface area (Å²) in [5.74, 6) is -0.0783. The molecule has 1 saturated heterocycles. The molecule has 1 heterocycles. The summed E-state index contributed by atoms with van der Waals surface area (Å²) in [5.41, 5.74) is 0.208. The molecule has 0 N–H and O–H groups in total. The number of anilines is 1. The minimum absolute atomic E-state index is 0.0783. The first-order valence-corrected chi connectivity index (χ1v) is 5.21. The average molecular weight is 241 g/mol. The van der Waals surface area contributed by atoms with Gasteiger partial charge in [-0.1, -0.05) is 11.6 Å². The monoisotopic (exact) mass is 240 g/mol. The number of carbonyl (C=O) groups excluding carboxylic acids is 1. The van der Waals surface area contributed by atoms with E-state index >= 15 is 0 Å². The Morgan fingerprint density at radius 3 is 2.75 bits per heavy atom. The van der Waals surface area contributed by atoms with Crippen LogP contribution in [0.2, 0.25) is 5.02 Å². The molecular weight excluding hydrogens is 232 g/mol. The Morgan fingerprint density at radius 2 is 2.19 bits per heavy atom. The molecule has 84 valence electrons. The Morgan fingerprint density at radius 1 is 1.44 bits per heavy atom. The van der Waals surface area contributed by atoms with E-state index < -0.39 is 4.92 Å². The zero-order valence-electron chi connectivity index (χ0n) is 8.35. The summed E-state index contributed by atoms with van der Waals surface area (Å²) in [6.07, 6.45) is 1.18. The van der Waals surface area contributed by atoms with Crippen molar-refractivity contribution in [3.05, 3.63) is 33.3 Å². The molecule has 1 fully saturated rings. The van der Waals surface area contributed by atoms with Gasteiger partial charge in [-0.3, -0.25) is 14.9 Å². The normalized spacial score (nSPS) is 15.6. The standard InChI is InChI=1S/C10H9ClN2O3/c11-7-3-4-8(9(6-7)13(15)16)12-5-1-2-10(12)14/h3-4,6H,1-2,5H2. The van der Waals surface area contributed by atoms with Gasteiger partial charge in [0.25, 0.3) is 5.69 Å². The molecule has 0 spiro atoms. The van der Waals surface area contributed by atoms with Gasteiger partial charge in [0.15, 0.2) is 0 Å². The molecule has 0 radical (unpaired) electrons. The number of rotatable bonds is 2. The highest BCUT2D eigenvalue weighted by Gasteiger charge is 2.27. The van der Waals surface area contributed by atoms with Crippen LogP contribution in [0, 0.1) is 10.1 Å². The predicted octanol–water partition coefficient (Wildman–Crippen LogP) is 2.38. The zero-order chi connectivity index (χ0) is 11.7. The lowest BCUT2D eigenvalue weighted by atomic mass is 10.2. The maximum Gasteiger partial charge on any atom is 0.294 e. The predicted molar refractivity (Wildman–Crippen MR) is 59.7 cm³/mol. The van der Waals surface area contributed by atoms with Crippen molar-refractivity contribution in [3.63, 3.8) is 0 Å². The van der Waals surface area contributed by atoms with E-state index in [2.05, 4.69) is 0 Å². The number of nitrogens with zero attached hydrogens (tertiary/aromatic N) is 2. The van der Waals surface area contributed by atoms with Crippen molar-refractivity contribution in [2.75, 3.05) is 11.4 Å². The lowest BCUT2D eigenvalue weighted by Crippen LogP contribution is -2.24. The summed E-state index contributed by atoms with van der Waals surface area (Å²) < 4.78 is 0. The summed E-state index contributed by atoms with van der Waals surface area (Å²) in [6.45, 7) is 0.529. The smallest absolute Gasteiger partial charge is 0.294 e. The number of hydrogen-bond acceptors (Lipinski definition) is 3. The quantitative estimate of drug-likeness (QED) is 0.589. The summed E-state index contributed by atoms with van der Waals surface area (Å²) in [7, 11) is 0. The molecule has 0 saturated carbocycles. The first kappa shape index (κ1) is 10.9. The highest BCUT2D eigenvalue weighted by atomic mass is 35.5. The van der Waals surface area contributed by atoms with Gasteiger partial charge in [-0.15, -0.1) is 0 Å². The van der Waals surface area contributed by atoms with Crippen LogP contribution in [0.25, 0.3) is 0 Å². The minimum Gasteiger partial charge on any atom is -0.306 e. The first-order chi connectivity index (χ1) is 7.59. The summed E-state index contributed by atoms with van der Waals surface area (Å²) >= 11 is 5.70. The van der Waals surface area contributed by atoms with Gasteiger partial charge in [-0.2, -0.15) is 0 Å². The third-order valence-electron chi connectivity index (χ3n) is 2.50. The molecule has 1 aromatic carbocycles. The van der Waals surface area contributed by atoms with Crippen LogP contribution in [-0.2, 0) is 4.79 Å². The van der Waals surface area contributed by atoms with Crippen LogP contribution in [-0.4, -0.2) is 17.4 Å². The van der Waals surface area contributed by atoms with Gasteiger partial charge < -0.3 is 4.90 Å². The SMILES string of the molecule is O=C1CCCN1c1ccc(Cl)cc1[N+](=O)[O-]. The van der Waals surface area contributed by atoms with Gasteiger partial charge >= 0.3 is 0 Å². The van der Waals surface area contributed by atoms with Crippen molar-refractivity contribution >= 4 is 28.9 Å². The largest absolute Gasteiger partial charge is 0.306 e. The second kappa shape index (κ2) is 4.09. The second-order valence-corrected chi connectivity index (χ2v) is 3.98. The Balaban J connectivity index is 2.47. The number of nitro groups is 1. The first-order valence-electron chi connectivity index (χ1n) is 4.84. The summed E-state index contributed by atoms with van der Waals surface area (Å²) in [4.78, 5) is 23.3. The van der Waals surface area contributed by atoms with Crippen LogP contribution in [0.15, 0.2) is 18.2 Å². The van der Waals surface area contributed by atoms with Crippen molar-refractivity contribution in [2.45, 2.75) is 12.8 Å². The third kappa shape index (κ3) is 1.86. The van der Waals surface area contributed by atoms with Crippen LogP contribution in [0.5, 0.6) is 0 Å². The van der Waals surface area contributed by atoms with Crippen molar-refractivity contribution in [1.29, 1.82) is 0 Å². The van der Waals surface area contributed by atoms with Crippen LogP contribution in [0.4, 0.5) is 11.4 Å². The highest BCUT2D eigenvalue weighted by Crippen LogP contribution is 2.33. The second-order valence-electron chi connectivity index (χ2n) is 3.54. The number of halogens is 1. The van der Waals surface area contributed by atoms with Gasteiger partial charge in [-0.05, 0) is 18.6 Å². The van der Waals surface area contributed by atoms with Crippen LogP contribution >= 0.6 is 11.6 Å². The zero-order valence-corrected chi connectivity index (χ0v) is 9.11. The molecule has 1 amide bonds. The molecule has 0 aromatic heterocycles. The van der Waals surface area contributed by atoms with Gasteiger partial charge in [0.05, 0.1) is 4.92 Å². The molecule has 2 rings (SSSR count). The lowest BCUT2D eigenvalue weighted by molar-refractivity contribution is -0.384. The number of carbonyl (C=O) groups is 1. The van der Waals surface area contributed by atoms with E-state index in [1.54, 1.807) is 6.07 Å². The number of hydrogen-bond donors (Lipinski definition) is 0. The molecule has 5 nitrogen and oxygen atoms in total. The van der Waals surface area contributed by atoms with Crippen molar-refractivity contribution in [3.8, 4) is 0 Å². The summed E-state index contributed by atoms with van der Waals surface area (Å²) in [6, 6.07) is 4.33. The highest BCUT2D eigenvalue weighted by molar-refractivity contribution is 6.31. The van der Waals surface area contributed by atoms with E-state index in [1.165, 1.54) is 17.0 Å². The number of nitro benzene ring substituents is 1. The van der Waals surface area contributed by atoms with E-state index in [4.69, 9.17) is 11.6 Å². The maximum absolute atomic E-state index is 11.5. The van der Waals surface area contributed by atoms with Crippen molar-refractivity contribution in [1.82, 2.24) is 0 Å². The molecule has 1 aromatic rings. The molecule has 1 aliphatic heterocycles. The molecule has 0 unspecified atom stereocenters. The maximum atomic E-state index is 11.5. The van der Waals surface area contributed by atoms with Crippen molar-refractivity contribution in [2.24, 2.45) is 0 Å². The Labute approximate surface area is 96.8 Å². The van der Waals surface area contributed by atoms with Gasteiger partial charge in [0.2, 0.25) is 5.91 Å². The summed E-state index contributed by atoms with van der Waals surface area (Å²) in [5, 5.41) is 11.1. The third-order valence-corrected chi connectivity index (χ3v) is 2.73. The minimum atomic E-state index is -0.521. The topological polar surface area (TPSA) is 63.5 Å². The molecule has 1 aliphatic rings. The van der Waals surface area contributed by atoms with E-state index in [-0.39, 0.29) is 11.6 Å². The van der Waals surface area contributed by atoms with Gasteiger partial charge in [0.1, 0.15) is 5.69 Å². The van der Waals surface area contributed by atoms with Gasteiger partial charge in [-0.25, -0.2) is 0 Å². The van der Waals surface area contributed by atoms with E-state index in [0.29, 0.717) is 23.7 Å². The molecule has 0 atom stereocenters. The Hall–Kier alpha value is -1.62. The lowest BCUT2D eigenvalue weighted by Gasteiger charge is -2.15. The fraction of sp³-hybridized carbons (Fsp3) is 0.300. The van der Waals surface area contributed by atoms with E-state index in [9.17, 15) is 14.9 Å². The van der Waals surface area contributed by atoms with E-state index in [1.807, 2.05) is 0 Å². The average Bonchev–Trinajstić information content (AvgIpc) is 2.64. The van der Waals surface area contributed by atoms with E-state index in [0.717, 1.165) is 6.42 Å². The fourth-order valence-corrected chi connectivity index (χ4v) is 1.94. The molecular formula is C10H9ClN2O3. The molecule has 6 heteroatoms. The Kier molecular flexibility index (Phi) is 2.78. The molecule has 0 bridgehead atoms.